The van der Waals surface area contributed by atoms with E-state index in [1.807, 2.05) is 0 Å². The average molecular weight is 272 g/mol. The van der Waals surface area contributed by atoms with Gasteiger partial charge in [-0.3, -0.25) is 11.5 Å². The highest BCUT2D eigenvalue weighted by molar-refractivity contribution is 4.79. The highest BCUT2D eigenvalue weighted by Gasteiger charge is 2.51. The molecule has 0 rings (SSSR count). The maximum Gasteiger partial charge on any atom is 0.297 e. The minimum Gasteiger partial charge on any atom is -0.412 e. The van der Waals surface area contributed by atoms with Crippen molar-refractivity contribution in [2.24, 2.45) is 11.5 Å². The SMILES string of the molecule is CCOC(N)(OCC)C(N)(OCC)OCC.O.O. The molecule has 114 valence electrons. The number of hydrogen-bond donors (Lipinski definition) is 2. The average Bonchev–Trinajstić information content (AvgIpc) is 2.19. The van der Waals surface area contributed by atoms with Crippen molar-refractivity contribution in [3.05, 3.63) is 0 Å². The first kappa shape index (κ1) is 22.8. The number of nitrogens with two attached hydrogens (primary N) is 2. The van der Waals surface area contributed by atoms with Crippen LogP contribution < -0.4 is 11.5 Å². The zero-order valence-electron chi connectivity index (χ0n) is 11.6. The van der Waals surface area contributed by atoms with Crippen LogP contribution in [0.5, 0.6) is 0 Å². The van der Waals surface area contributed by atoms with Gasteiger partial charge in [-0.25, -0.2) is 0 Å². The Kier molecular flexibility index (Phi) is 13.4. The number of ether oxygens (including phenoxy) is 4. The van der Waals surface area contributed by atoms with Crippen molar-refractivity contribution in [2.75, 3.05) is 26.4 Å². The molecule has 0 aliphatic rings. The van der Waals surface area contributed by atoms with Gasteiger partial charge in [0.1, 0.15) is 0 Å². The molecule has 0 amide bonds. The molecule has 0 saturated carbocycles. The summed E-state index contributed by atoms with van der Waals surface area (Å²) in [5.74, 6) is -3.22. The molecular formula is C10H28N2O6. The lowest BCUT2D eigenvalue weighted by atomic mass is 10.3. The predicted molar refractivity (Wildman–Crippen MR) is 67.6 cm³/mol. The molecule has 0 fully saturated rings. The van der Waals surface area contributed by atoms with E-state index in [-0.39, 0.29) is 11.0 Å². The van der Waals surface area contributed by atoms with E-state index in [4.69, 9.17) is 30.4 Å². The summed E-state index contributed by atoms with van der Waals surface area (Å²) in [5, 5.41) is 0. The lowest BCUT2D eigenvalue weighted by Gasteiger charge is -2.42. The van der Waals surface area contributed by atoms with E-state index in [0.717, 1.165) is 0 Å². The van der Waals surface area contributed by atoms with Crippen LogP contribution in [-0.2, 0) is 18.9 Å². The van der Waals surface area contributed by atoms with Crippen molar-refractivity contribution in [3.63, 3.8) is 0 Å². The summed E-state index contributed by atoms with van der Waals surface area (Å²) >= 11 is 0. The summed E-state index contributed by atoms with van der Waals surface area (Å²) in [6.07, 6.45) is 0. The Balaban J connectivity index is -0.00000112. The lowest BCUT2D eigenvalue weighted by molar-refractivity contribution is -0.404. The standard InChI is InChI=1S/C10H24N2O4.2H2O/c1-5-13-9(11,14-6-2)10(12,15-7-3)16-8-4;;/h5-8,11-12H2,1-4H3;2*1H2. The molecule has 8 heteroatoms. The van der Waals surface area contributed by atoms with Gasteiger partial charge in [-0.05, 0) is 27.7 Å². The molecule has 0 spiro atoms. The minimum absolute atomic E-state index is 0. The summed E-state index contributed by atoms with van der Waals surface area (Å²) in [7, 11) is 0. The first-order valence-electron chi connectivity index (χ1n) is 5.63. The Labute approximate surface area is 108 Å². The molecule has 0 aliphatic heterocycles. The van der Waals surface area contributed by atoms with E-state index in [1.54, 1.807) is 27.7 Å². The van der Waals surface area contributed by atoms with Gasteiger partial charge in [0.2, 0.25) is 0 Å². The molecule has 0 radical (unpaired) electrons. The third kappa shape index (κ3) is 5.55. The molecule has 0 heterocycles. The third-order valence-corrected chi connectivity index (χ3v) is 1.92. The molecule has 0 aromatic carbocycles. The van der Waals surface area contributed by atoms with Crippen molar-refractivity contribution < 1.29 is 29.9 Å². The van der Waals surface area contributed by atoms with Crippen molar-refractivity contribution in [2.45, 2.75) is 39.5 Å². The highest BCUT2D eigenvalue weighted by atomic mass is 16.8. The molecule has 8 nitrogen and oxygen atoms in total. The van der Waals surface area contributed by atoms with Crippen molar-refractivity contribution >= 4 is 0 Å². The Morgan fingerprint density at radius 2 is 0.778 bits per heavy atom. The van der Waals surface area contributed by atoms with Crippen LogP contribution in [0.2, 0.25) is 0 Å². The second-order valence-electron chi connectivity index (χ2n) is 3.07. The summed E-state index contributed by atoms with van der Waals surface area (Å²) in [5.41, 5.74) is 11.9. The first-order chi connectivity index (χ1) is 7.49. The predicted octanol–water partition coefficient (Wildman–Crippen LogP) is -1.29. The van der Waals surface area contributed by atoms with Gasteiger partial charge in [0.15, 0.2) is 0 Å². The van der Waals surface area contributed by atoms with Gasteiger partial charge >= 0.3 is 0 Å². The molecule has 0 aliphatic carbocycles. The second-order valence-corrected chi connectivity index (χ2v) is 3.07. The van der Waals surface area contributed by atoms with Gasteiger partial charge in [-0.2, -0.15) is 0 Å². The monoisotopic (exact) mass is 272 g/mol. The summed E-state index contributed by atoms with van der Waals surface area (Å²) in [6.45, 7) is 8.53. The van der Waals surface area contributed by atoms with E-state index >= 15 is 0 Å². The molecule has 0 unspecified atom stereocenters. The normalized spacial score (nSPS) is 11.7. The zero-order valence-corrected chi connectivity index (χ0v) is 11.6. The number of rotatable bonds is 9. The lowest BCUT2D eigenvalue weighted by Crippen LogP contribution is -2.71. The van der Waals surface area contributed by atoms with E-state index in [2.05, 4.69) is 0 Å². The molecule has 0 saturated heterocycles. The first-order valence-corrected chi connectivity index (χ1v) is 5.63. The van der Waals surface area contributed by atoms with Crippen LogP contribution in [0.1, 0.15) is 27.7 Å². The summed E-state index contributed by atoms with van der Waals surface area (Å²) in [4.78, 5) is 0. The summed E-state index contributed by atoms with van der Waals surface area (Å²) < 4.78 is 21.3. The molecule has 18 heavy (non-hydrogen) atoms. The molecule has 0 aromatic heterocycles. The maximum absolute atomic E-state index is 5.95. The van der Waals surface area contributed by atoms with Crippen LogP contribution in [0.15, 0.2) is 0 Å². The van der Waals surface area contributed by atoms with Crippen LogP contribution >= 0.6 is 0 Å². The number of hydrogen-bond acceptors (Lipinski definition) is 6. The molecule has 0 atom stereocenters. The Morgan fingerprint density at radius 3 is 0.889 bits per heavy atom. The fraction of sp³-hybridized carbons (Fsp3) is 1.00. The van der Waals surface area contributed by atoms with Gasteiger partial charge in [0.25, 0.3) is 11.8 Å². The molecule has 0 bridgehead atoms. The van der Waals surface area contributed by atoms with Crippen molar-refractivity contribution in [3.8, 4) is 0 Å². The quantitative estimate of drug-likeness (QED) is 0.498. The Hall–Kier alpha value is -0.320. The molecular weight excluding hydrogens is 244 g/mol. The van der Waals surface area contributed by atoms with Crippen molar-refractivity contribution in [1.82, 2.24) is 0 Å². The largest absolute Gasteiger partial charge is 0.412 e. The van der Waals surface area contributed by atoms with Crippen LogP contribution in [0.4, 0.5) is 0 Å². The van der Waals surface area contributed by atoms with Crippen LogP contribution in [-0.4, -0.2) is 49.2 Å². The van der Waals surface area contributed by atoms with Crippen LogP contribution in [0.25, 0.3) is 0 Å². The smallest absolute Gasteiger partial charge is 0.297 e. The van der Waals surface area contributed by atoms with Gasteiger partial charge < -0.3 is 29.9 Å². The van der Waals surface area contributed by atoms with E-state index in [9.17, 15) is 0 Å². The van der Waals surface area contributed by atoms with Crippen LogP contribution in [0.3, 0.4) is 0 Å². The summed E-state index contributed by atoms with van der Waals surface area (Å²) in [6, 6.07) is 0. The second kappa shape index (κ2) is 10.6. The van der Waals surface area contributed by atoms with Crippen molar-refractivity contribution in [1.29, 1.82) is 0 Å². The topological polar surface area (TPSA) is 152 Å². The van der Waals surface area contributed by atoms with Gasteiger partial charge in [-0.15, -0.1) is 0 Å². The third-order valence-electron chi connectivity index (χ3n) is 1.92. The zero-order chi connectivity index (χ0) is 12.7. The van der Waals surface area contributed by atoms with Gasteiger partial charge in [0.05, 0.1) is 0 Å². The van der Waals surface area contributed by atoms with Gasteiger partial charge in [0, 0.05) is 26.4 Å². The van der Waals surface area contributed by atoms with E-state index in [0.29, 0.717) is 26.4 Å². The molecule has 0 aromatic rings. The maximum atomic E-state index is 5.95. The minimum atomic E-state index is -1.61. The fourth-order valence-electron chi connectivity index (χ4n) is 1.34. The Morgan fingerprint density at radius 1 is 0.611 bits per heavy atom. The van der Waals surface area contributed by atoms with E-state index < -0.39 is 11.8 Å². The highest BCUT2D eigenvalue weighted by Crippen LogP contribution is 2.23. The fourth-order valence-corrected chi connectivity index (χ4v) is 1.34. The van der Waals surface area contributed by atoms with Gasteiger partial charge in [-0.1, -0.05) is 0 Å². The molecule has 8 N–H and O–H groups in total. The van der Waals surface area contributed by atoms with Crippen LogP contribution in [0, 0.1) is 0 Å². The Bertz CT molecular complexity index is 161. The van der Waals surface area contributed by atoms with E-state index in [1.165, 1.54) is 0 Å².